The molecular formula is C17H16N2O3S2. The first-order chi connectivity index (χ1) is 11.6. The number of carbonyl (C=O) groups is 1. The second kappa shape index (κ2) is 7.19. The Morgan fingerprint density at radius 3 is 2.88 bits per heavy atom. The van der Waals surface area contributed by atoms with Crippen LogP contribution in [0.3, 0.4) is 0 Å². The van der Waals surface area contributed by atoms with Gasteiger partial charge in [0.2, 0.25) is 0 Å². The molecule has 1 fully saturated rings. The molecule has 24 heavy (non-hydrogen) atoms. The molecule has 7 heteroatoms. The standard InChI is InChI=1S/C17H16N2O3S2/c1-3-22-12-8-10(4-5-11(12)21-2)9-13-15(20)14(16(18)24-13)17-19-6-7-23-17/h4-9,14,18H,3H2,1-2H3/b13-9-,18-16?/t14-/m1/s1. The van der Waals surface area contributed by atoms with Gasteiger partial charge in [-0.3, -0.25) is 10.2 Å². The van der Waals surface area contributed by atoms with Gasteiger partial charge >= 0.3 is 0 Å². The van der Waals surface area contributed by atoms with Gasteiger partial charge in [-0.25, -0.2) is 4.98 Å². The number of ketones is 1. The van der Waals surface area contributed by atoms with Crippen molar-refractivity contribution in [3.63, 3.8) is 0 Å². The lowest BCUT2D eigenvalue weighted by molar-refractivity contribution is -0.114. The first-order valence-electron chi connectivity index (χ1n) is 7.36. The van der Waals surface area contributed by atoms with Crippen molar-refractivity contribution in [1.29, 1.82) is 5.41 Å². The maximum Gasteiger partial charge on any atom is 0.186 e. The van der Waals surface area contributed by atoms with E-state index in [-0.39, 0.29) is 5.78 Å². The number of aromatic nitrogens is 1. The minimum Gasteiger partial charge on any atom is -0.493 e. The van der Waals surface area contributed by atoms with Gasteiger partial charge in [0.15, 0.2) is 17.3 Å². The van der Waals surface area contributed by atoms with Gasteiger partial charge in [-0.05, 0) is 30.7 Å². The van der Waals surface area contributed by atoms with Crippen LogP contribution in [0.15, 0.2) is 34.7 Å². The summed E-state index contributed by atoms with van der Waals surface area (Å²) >= 11 is 2.59. The Morgan fingerprint density at radius 1 is 1.38 bits per heavy atom. The summed E-state index contributed by atoms with van der Waals surface area (Å²) in [7, 11) is 1.59. The van der Waals surface area contributed by atoms with E-state index >= 15 is 0 Å². The van der Waals surface area contributed by atoms with E-state index in [1.54, 1.807) is 19.4 Å². The van der Waals surface area contributed by atoms with Crippen LogP contribution in [0.1, 0.15) is 23.4 Å². The highest BCUT2D eigenvalue weighted by molar-refractivity contribution is 8.19. The first-order valence-corrected chi connectivity index (χ1v) is 9.06. The predicted molar refractivity (Wildman–Crippen MR) is 97.3 cm³/mol. The SMILES string of the molecule is CCOc1cc(/C=C2\SC(=N)[C@H](c3nccs3)C2=O)ccc1OC. The molecule has 0 unspecified atom stereocenters. The van der Waals surface area contributed by atoms with Gasteiger partial charge in [0.1, 0.15) is 10.9 Å². The van der Waals surface area contributed by atoms with Crippen molar-refractivity contribution in [3.8, 4) is 11.5 Å². The third-order valence-electron chi connectivity index (χ3n) is 3.47. The summed E-state index contributed by atoms with van der Waals surface area (Å²) in [5.41, 5.74) is 0.836. The van der Waals surface area contributed by atoms with Crippen LogP contribution >= 0.6 is 23.1 Å². The number of methoxy groups -OCH3 is 1. The number of Topliss-reactive ketones (excluding diaryl/α,β-unsaturated/α-hetero) is 1. The van der Waals surface area contributed by atoms with Crippen molar-refractivity contribution in [3.05, 3.63) is 45.3 Å². The number of nitrogens with zero attached hydrogens (tertiary/aromatic N) is 1. The minimum absolute atomic E-state index is 0.0753. The summed E-state index contributed by atoms with van der Waals surface area (Å²) in [6.07, 6.45) is 3.45. The van der Waals surface area contributed by atoms with E-state index < -0.39 is 5.92 Å². The molecule has 3 rings (SSSR count). The number of hydrogen-bond donors (Lipinski definition) is 1. The molecule has 5 nitrogen and oxygen atoms in total. The van der Waals surface area contributed by atoms with Gasteiger partial charge in [-0.1, -0.05) is 17.8 Å². The van der Waals surface area contributed by atoms with Crippen molar-refractivity contribution in [2.75, 3.05) is 13.7 Å². The lowest BCUT2D eigenvalue weighted by Gasteiger charge is -2.09. The Balaban J connectivity index is 1.90. The summed E-state index contributed by atoms with van der Waals surface area (Å²) in [6.45, 7) is 2.43. The van der Waals surface area contributed by atoms with E-state index in [0.717, 1.165) is 5.56 Å². The molecule has 0 radical (unpaired) electrons. The molecule has 1 aromatic carbocycles. The summed E-state index contributed by atoms with van der Waals surface area (Å²) in [4.78, 5) is 17.4. The zero-order chi connectivity index (χ0) is 17.1. The maximum absolute atomic E-state index is 12.6. The number of benzene rings is 1. The van der Waals surface area contributed by atoms with E-state index in [2.05, 4.69) is 4.98 Å². The zero-order valence-corrected chi connectivity index (χ0v) is 14.9. The van der Waals surface area contributed by atoms with E-state index in [1.165, 1.54) is 23.1 Å². The summed E-state index contributed by atoms with van der Waals surface area (Å²) < 4.78 is 10.8. The monoisotopic (exact) mass is 360 g/mol. The number of rotatable bonds is 5. The number of thiazole rings is 1. The number of hydrogen-bond acceptors (Lipinski definition) is 7. The highest BCUT2D eigenvalue weighted by Gasteiger charge is 2.38. The Kier molecular flexibility index (Phi) is 5.01. The number of allylic oxidation sites excluding steroid dienone is 1. The van der Waals surface area contributed by atoms with Crippen LogP contribution in [0, 0.1) is 5.41 Å². The van der Waals surface area contributed by atoms with Gasteiger partial charge in [-0.2, -0.15) is 0 Å². The molecule has 1 aliphatic heterocycles. The summed E-state index contributed by atoms with van der Waals surface area (Å²) in [5.74, 6) is 0.647. The van der Waals surface area contributed by atoms with Crippen molar-refractivity contribution in [1.82, 2.24) is 4.98 Å². The molecule has 2 heterocycles. The first kappa shape index (κ1) is 16.7. The Morgan fingerprint density at radius 2 is 2.21 bits per heavy atom. The van der Waals surface area contributed by atoms with E-state index in [4.69, 9.17) is 14.9 Å². The van der Waals surface area contributed by atoms with E-state index in [9.17, 15) is 4.79 Å². The predicted octanol–water partition coefficient (Wildman–Crippen LogP) is 3.97. The molecule has 0 bridgehead atoms. The fourth-order valence-corrected chi connectivity index (χ4v) is 4.20. The molecule has 0 spiro atoms. The van der Waals surface area contributed by atoms with Crippen molar-refractivity contribution in [2.45, 2.75) is 12.8 Å². The van der Waals surface area contributed by atoms with Gasteiger partial charge < -0.3 is 9.47 Å². The molecule has 2 aromatic rings. The van der Waals surface area contributed by atoms with Crippen molar-refractivity contribution in [2.24, 2.45) is 0 Å². The quantitative estimate of drug-likeness (QED) is 0.817. The molecule has 1 aromatic heterocycles. The largest absolute Gasteiger partial charge is 0.493 e. The number of nitrogens with one attached hydrogen (secondary N) is 1. The second-order valence-electron chi connectivity index (χ2n) is 4.99. The molecule has 124 valence electrons. The van der Waals surface area contributed by atoms with Crippen LogP contribution < -0.4 is 9.47 Å². The van der Waals surface area contributed by atoms with Crippen LogP contribution in [0.25, 0.3) is 6.08 Å². The van der Waals surface area contributed by atoms with Crippen LogP contribution in [0.2, 0.25) is 0 Å². The molecule has 0 amide bonds. The van der Waals surface area contributed by atoms with Crippen LogP contribution in [0.4, 0.5) is 0 Å². The van der Waals surface area contributed by atoms with Crippen LogP contribution in [-0.2, 0) is 4.79 Å². The average Bonchev–Trinajstić information content (AvgIpc) is 3.17. The lowest BCUT2D eigenvalue weighted by atomic mass is 10.0. The molecule has 0 saturated carbocycles. The normalized spacial score (nSPS) is 19.1. The zero-order valence-electron chi connectivity index (χ0n) is 13.2. The maximum atomic E-state index is 12.6. The minimum atomic E-state index is -0.564. The smallest absolute Gasteiger partial charge is 0.186 e. The third-order valence-corrected chi connectivity index (χ3v) is 5.31. The van der Waals surface area contributed by atoms with E-state index in [1.807, 2.05) is 30.5 Å². The summed E-state index contributed by atoms with van der Waals surface area (Å²) in [6, 6.07) is 5.51. The molecule has 0 aliphatic carbocycles. The Labute approximate surface area is 148 Å². The number of thioether (sulfide) groups is 1. The van der Waals surface area contributed by atoms with Crippen LogP contribution in [-0.4, -0.2) is 29.5 Å². The van der Waals surface area contributed by atoms with Gasteiger partial charge in [0.05, 0.1) is 23.7 Å². The Bertz CT molecular complexity index is 800. The van der Waals surface area contributed by atoms with Gasteiger partial charge in [0.25, 0.3) is 0 Å². The fraction of sp³-hybridized carbons (Fsp3) is 0.235. The molecule has 1 aliphatic rings. The van der Waals surface area contributed by atoms with Crippen LogP contribution in [0.5, 0.6) is 11.5 Å². The molecular weight excluding hydrogens is 344 g/mol. The lowest BCUT2D eigenvalue weighted by Crippen LogP contribution is -2.11. The second-order valence-corrected chi connectivity index (χ2v) is 7.00. The topological polar surface area (TPSA) is 72.3 Å². The molecule has 1 saturated heterocycles. The molecule has 1 N–H and O–H groups in total. The molecule has 1 atom stereocenters. The van der Waals surface area contributed by atoms with Crippen molar-refractivity contribution < 1.29 is 14.3 Å². The average molecular weight is 360 g/mol. The summed E-state index contributed by atoms with van der Waals surface area (Å²) in [5, 5.41) is 10.9. The van der Waals surface area contributed by atoms with Gasteiger partial charge in [-0.15, -0.1) is 11.3 Å². The number of ether oxygens (including phenoxy) is 2. The fourth-order valence-electron chi connectivity index (χ4n) is 2.39. The third kappa shape index (κ3) is 3.22. The van der Waals surface area contributed by atoms with Crippen molar-refractivity contribution >= 4 is 40.0 Å². The van der Waals surface area contributed by atoms with Gasteiger partial charge in [0, 0.05) is 11.6 Å². The number of carbonyl (C=O) groups excluding carboxylic acids is 1. The highest BCUT2D eigenvalue weighted by atomic mass is 32.2. The van der Waals surface area contributed by atoms with E-state index in [0.29, 0.717) is 33.1 Å². The Hall–Kier alpha value is -2.12. The highest BCUT2D eigenvalue weighted by Crippen LogP contribution is 2.41.